The van der Waals surface area contributed by atoms with Gasteiger partial charge in [-0.15, -0.1) is 0 Å². The number of amides is 1. The average Bonchev–Trinajstić information content (AvgIpc) is 2.82. The third-order valence-corrected chi connectivity index (χ3v) is 5.65. The molecule has 0 unspecified atom stereocenters. The van der Waals surface area contributed by atoms with Crippen molar-refractivity contribution in [3.05, 3.63) is 65.9 Å². The molecular formula is C24H24N4O2. The van der Waals surface area contributed by atoms with Crippen molar-refractivity contribution in [2.45, 2.75) is 19.4 Å². The van der Waals surface area contributed by atoms with E-state index in [0.717, 1.165) is 53.8 Å². The molecule has 0 saturated carbocycles. The van der Waals surface area contributed by atoms with Crippen LogP contribution >= 0.6 is 0 Å². The predicted octanol–water partition coefficient (Wildman–Crippen LogP) is 3.65. The van der Waals surface area contributed by atoms with Gasteiger partial charge in [0.25, 0.3) is 0 Å². The Balaban J connectivity index is 1.41. The number of anilines is 1. The molecule has 2 aromatic carbocycles. The van der Waals surface area contributed by atoms with Gasteiger partial charge in [-0.3, -0.25) is 9.78 Å². The molecule has 152 valence electrons. The van der Waals surface area contributed by atoms with E-state index in [1.54, 1.807) is 13.3 Å². The van der Waals surface area contributed by atoms with Crippen molar-refractivity contribution in [1.29, 1.82) is 5.26 Å². The van der Waals surface area contributed by atoms with Crippen molar-refractivity contribution >= 4 is 22.5 Å². The number of nitriles is 1. The van der Waals surface area contributed by atoms with E-state index in [-0.39, 0.29) is 11.8 Å². The van der Waals surface area contributed by atoms with Crippen molar-refractivity contribution in [2.75, 3.05) is 25.1 Å². The molecule has 0 aliphatic carbocycles. The Morgan fingerprint density at radius 1 is 1.23 bits per heavy atom. The number of rotatable bonds is 5. The monoisotopic (exact) mass is 400 g/mol. The van der Waals surface area contributed by atoms with Crippen LogP contribution in [0.15, 0.2) is 54.7 Å². The first-order chi connectivity index (χ1) is 14.7. The van der Waals surface area contributed by atoms with Crippen molar-refractivity contribution in [3.8, 4) is 11.8 Å². The molecule has 30 heavy (non-hydrogen) atoms. The lowest BCUT2D eigenvalue weighted by atomic mass is 9.94. The summed E-state index contributed by atoms with van der Waals surface area (Å²) in [5.41, 5.74) is 3.40. The summed E-state index contributed by atoms with van der Waals surface area (Å²) in [6, 6.07) is 17.9. The summed E-state index contributed by atoms with van der Waals surface area (Å²) in [5, 5.41) is 13.6. The summed E-state index contributed by atoms with van der Waals surface area (Å²) >= 11 is 0. The first kappa shape index (κ1) is 19.7. The van der Waals surface area contributed by atoms with Crippen molar-refractivity contribution < 1.29 is 9.53 Å². The molecule has 2 heterocycles. The Bertz CT molecular complexity index is 1100. The number of nitrogens with one attached hydrogen (secondary N) is 1. The number of carbonyl (C=O) groups is 1. The lowest BCUT2D eigenvalue weighted by Gasteiger charge is -2.34. The molecule has 1 N–H and O–H groups in total. The number of benzene rings is 2. The van der Waals surface area contributed by atoms with E-state index >= 15 is 0 Å². The molecular weight excluding hydrogens is 376 g/mol. The van der Waals surface area contributed by atoms with Gasteiger partial charge in [-0.25, -0.2) is 0 Å². The van der Waals surface area contributed by atoms with E-state index in [0.29, 0.717) is 12.1 Å². The van der Waals surface area contributed by atoms with Crippen LogP contribution in [0.3, 0.4) is 0 Å². The van der Waals surface area contributed by atoms with Gasteiger partial charge in [0.15, 0.2) is 0 Å². The van der Waals surface area contributed by atoms with Crippen LogP contribution in [-0.4, -0.2) is 31.1 Å². The summed E-state index contributed by atoms with van der Waals surface area (Å²) in [5.74, 6) is 0.844. The fourth-order valence-electron chi connectivity index (χ4n) is 4.03. The third-order valence-electron chi connectivity index (χ3n) is 5.65. The quantitative estimate of drug-likeness (QED) is 0.707. The number of hydrogen-bond acceptors (Lipinski definition) is 5. The highest BCUT2D eigenvalue weighted by Gasteiger charge is 2.27. The summed E-state index contributed by atoms with van der Waals surface area (Å²) in [6.45, 7) is 1.96. The van der Waals surface area contributed by atoms with Crippen LogP contribution in [0.4, 0.5) is 5.69 Å². The van der Waals surface area contributed by atoms with Crippen LogP contribution in [-0.2, 0) is 11.3 Å². The minimum absolute atomic E-state index is 0.0227. The highest BCUT2D eigenvalue weighted by molar-refractivity contribution is 5.94. The number of fused-ring (bicyclic) bond motifs is 1. The smallest absolute Gasteiger partial charge is 0.223 e. The van der Waals surface area contributed by atoms with E-state index < -0.39 is 0 Å². The van der Waals surface area contributed by atoms with E-state index in [1.165, 1.54) is 0 Å². The molecule has 1 saturated heterocycles. The standard InChI is InChI=1S/C24H24N4O2/c1-30-20-6-4-5-17(13-20)15-27-24(29)18-9-11-28(12-10-18)23-19(14-25)16-26-22-8-3-2-7-21(22)23/h2-8,13,16,18H,9-12,15H2,1H3,(H,27,29). The van der Waals surface area contributed by atoms with Crippen LogP contribution in [0.25, 0.3) is 10.9 Å². The normalized spacial score (nSPS) is 14.3. The number of ether oxygens (including phenoxy) is 1. The molecule has 6 nitrogen and oxygen atoms in total. The van der Waals surface area contributed by atoms with Crippen molar-refractivity contribution in [1.82, 2.24) is 10.3 Å². The van der Waals surface area contributed by atoms with Crippen LogP contribution < -0.4 is 15.0 Å². The van der Waals surface area contributed by atoms with E-state index in [4.69, 9.17) is 4.74 Å². The first-order valence-electron chi connectivity index (χ1n) is 10.1. The minimum Gasteiger partial charge on any atom is -0.497 e. The van der Waals surface area contributed by atoms with Crippen LogP contribution in [0.1, 0.15) is 24.0 Å². The van der Waals surface area contributed by atoms with Crippen LogP contribution in [0.2, 0.25) is 0 Å². The molecule has 0 spiro atoms. The van der Waals surface area contributed by atoms with Gasteiger partial charge in [0, 0.05) is 37.1 Å². The number of aromatic nitrogens is 1. The topological polar surface area (TPSA) is 78.2 Å². The molecule has 0 bridgehead atoms. The molecule has 1 amide bonds. The third kappa shape index (κ3) is 4.06. The van der Waals surface area contributed by atoms with E-state index in [9.17, 15) is 10.1 Å². The predicted molar refractivity (Wildman–Crippen MR) is 116 cm³/mol. The summed E-state index contributed by atoms with van der Waals surface area (Å²) in [6.07, 6.45) is 3.15. The van der Waals surface area contributed by atoms with Crippen LogP contribution in [0.5, 0.6) is 5.75 Å². The lowest BCUT2D eigenvalue weighted by molar-refractivity contribution is -0.125. The summed E-state index contributed by atoms with van der Waals surface area (Å²) in [4.78, 5) is 19.3. The molecule has 3 aromatic rings. The minimum atomic E-state index is -0.0227. The number of carbonyl (C=O) groups excluding carboxylic acids is 1. The maximum atomic E-state index is 12.7. The van der Waals surface area contributed by atoms with Gasteiger partial charge in [0.1, 0.15) is 11.8 Å². The number of para-hydroxylation sites is 1. The van der Waals surface area contributed by atoms with E-state index in [2.05, 4.69) is 21.3 Å². The fraction of sp³-hybridized carbons (Fsp3) is 0.292. The Morgan fingerprint density at radius 3 is 2.80 bits per heavy atom. The SMILES string of the molecule is COc1cccc(CNC(=O)C2CCN(c3c(C#N)cnc4ccccc34)CC2)c1. The Morgan fingerprint density at radius 2 is 2.03 bits per heavy atom. The molecule has 0 radical (unpaired) electrons. The second-order valence-electron chi connectivity index (χ2n) is 7.48. The van der Waals surface area contributed by atoms with Gasteiger partial charge >= 0.3 is 0 Å². The van der Waals surface area contributed by atoms with Gasteiger partial charge < -0.3 is 15.0 Å². The average molecular weight is 400 g/mol. The first-order valence-corrected chi connectivity index (χ1v) is 10.1. The molecule has 0 atom stereocenters. The molecule has 4 rings (SSSR count). The fourth-order valence-corrected chi connectivity index (χ4v) is 4.03. The maximum absolute atomic E-state index is 12.7. The van der Waals surface area contributed by atoms with E-state index in [1.807, 2.05) is 48.5 Å². The van der Waals surface area contributed by atoms with Crippen molar-refractivity contribution in [3.63, 3.8) is 0 Å². The highest BCUT2D eigenvalue weighted by Crippen LogP contribution is 2.32. The molecule has 6 heteroatoms. The summed E-state index contributed by atoms with van der Waals surface area (Å²) in [7, 11) is 1.63. The largest absolute Gasteiger partial charge is 0.497 e. The van der Waals surface area contributed by atoms with Gasteiger partial charge in [-0.2, -0.15) is 5.26 Å². The molecule has 1 aliphatic heterocycles. The van der Waals surface area contributed by atoms with Crippen LogP contribution in [0, 0.1) is 17.2 Å². The Hall–Kier alpha value is -3.59. The summed E-state index contributed by atoms with van der Waals surface area (Å²) < 4.78 is 5.24. The van der Waals surface area contributed by atoms with Gasteiger partial charge in [-0.05, 0) is 36.6 Å². The second kappa shape index (κ2) is 8.83. The number of methoxy groups -OCH3 is 1. The maximum Gasteiger partial charge on any atom is 0.223 e. The molecule has 1 aliphatic rings. The Kier molecular flexibility index (Phi) is 5.80. The number of nitrogens with zero attached hydrogens (tertiary/aromatic N) is 3. The van der Waals surface area contributed by atoms with Gasteiger partial charge in [0.2, 0.25) is 5.91 Å². The number of hydrogen-bond donors (Lipinski definition) is 1. The van der Waals surface area contributed by atoms with Crippen molar-refractivity contribution in [2.24, 2.45) is 5.92 Å². The zero-order valence-corrected chi connectivity index (χ0v) is 17.0. The Labute approximate surface area is 176 Å². The zero-order valence-electron chi connectivity index (χ0n) is 17.0. The lowest BCUT2D eigenvalue weighted by Crippen LogP contribution is -2.40. The van der Waals surface area contributed by atoms with Gasteiger partial charge in [0.05, 0.1) is 23.9 Å². The number of pyridine rings is 1. The highest BCUT2D eigenvalue weighted by atomic mass is 16.5. The zero-order chi connectivity index (χ0) is 20.9. The van der Waals surface area contributed by atoms with Gasteiger partial charge in [-0.1, -0.05) is 30.3 Å². The molecule has 1 fully saturated rings. The second-order valence-corrected chi connectivity index (χ2v) is 7.48. The molecule has 1 aromatic heterocycles. The number of piperidine rings is 1.